The predicted octanol–water partition coefficient (Wildman–Crippen LogP) is 4.24. The highest BCUT2D eigenvalue weighted by Gasteiger charge is 2.19. The van der Waals surface area contributed by atoms with Gasteiger partial charge in [-0.05, 0) is 42.8 Å². The van der Waals surface area contributed by atoms with E-state index < -0.39 is 15.8 Å². The van der Waals surface area contributed by atoms with Crippen molar-refractivity contribution >= 4 is 38.9 Å². The van der Waals surface area contributed by atoms with Crippen LogP contribution in [-0.2, 0) is 10.0 Å². The average Bonchev–Trinajstić information content (AvgIpc) is 2.36. The van der Waals surface area contributed by atoms with Gasteiger partial charge in [-0.3, -0.25) is 4.72 Å². The number of hydrogen-bond donors (Lipinski definition) is 1. The molecule has 20 heavy (non-hydrogen) atoms. The van der Waals surface area contributed by atoms with E-state index in [2.05, 4.69) is 4.72 Å². The number of hydrogen-bond acceptors (Lipinski definition) is 2. The molecule has 0 spiro atoms. The summed E-state index contributed by atoms with van der Waals surface area (Å²) in [5.41, 5.74) is 0.745. The van der Waals surface area contributed by atoms with Crippen LogP contribution in [0.3, 0.4) is 0 Å². The summed E-state index contributed by atoms with van der Waals surface area (Å²) in [5.74, 6) is -0.537. The standard InChI is InChI=1S/C13H10Cl2FNO2S/c1-8-2-4-10(16)7-12(8)17-20(18,19)13-6-9(14)3-5-11(13)15/h2-7,17H,1H3. The summed E-state index contributed by atoms with van der Waals surface area (Å²) in [5, 5.41) is 0.279. The van der Waals surface area contributed by atoms with Crippen molar-refractivity contribution in [2.45, 2.75) is 11.8 Å². The third-order valence-corrected chi connectivity index (χ3v) is 4.71. The Kier molecular flexibility index (Phi) is 4.22. The molecule has 0 saturated carbocycles. The SMILES string of the molecule is Cc1ccc(F)cc1NS(=O)(=O)c1cc(Cl)ccc1Cl. The lowest BCUT2D eigenvalue weighted by atomic mass is 10.2. The Morgan fingerprint density at radius 1 is 1.10 bits per heavy atom. The molecule has 2 aromatic carbocycles. The number of aryl methyl sites for hydroxylation is 1. The number of benzene rings is 2. The molecule has 1 N–H and O–H groups in total. The van der Waals surface area contributed by atoms with Crippen molar-refractivity contribution in [1.29, 1.82) is 0 Å². The van der Waals surface area contributed by atoms with Gasteiger partial charge in [0.15, 0.2) is 0 Å². The van der Waals surface area contributed by atoms with Crippen LogP contribution in [0.4, 0.5) is 10.1 Å². The first-order valence-corrected chi connectivity index (χ1v) is 7.77. The molecule has 0 heterocycles. The Labute approximate surface area is 126 Å². The summed E-state index contributed by atoms with van der Waals surface area (Å²) in [6, 6.07) is 7.94. The van der Waals surface area contributed by atoms with Gasteiger partial charge in [0.1, 0.15) is 10.7 Å². The van der Waals surface area contributed by atoms with Gasteiger partial charge in [-0.1, -0.05) is 29.3 Å². The number of rotatable bonds is 3. The van der Waals surface area contributed by atoms with Gasteiger partial charge < -0.3 is 0 Å². The molecule has 106 valence electrons. The van der Waals surface area contributed by atoms with E-state index in [-0.39, 0.29) is 20.6 Å². The molecular weight excluding hydrogens is 324 g/mol. The highest BCUT2D eigenvalue weighted by molar-refractivity contribution is 7.92. The summed E-state index contributed by atoms with van der Waals surface area (Å²) < 4.78 is 40.0. The van der Waals surface area contributed by atoms with E-state index in [0.29, 0.717) is 5.56 Å². The topological polar surface area (TPSA) is 46.2 Å². The van der Waals surface area contributed by atoms with E-state index in [1.54, 1.807) is 6.92 Å². The van der Waals surface area contributed by atoms with E-state index in [0.717, 1.165) is 6.07 Å². The minimum atomic E-state index is -3.94. The van der Waals surface area contributed by atoms with E-state index >= 15 is 0 Å². The highest BCUT2D eigenvalue weighted by Crippen LogP contribution is 2.27. The third-order valence-electron chi connectivity index (χ3n) is 2.63. The zero-order valence-corrected chi connectivity index (χ0v) is 12.7. The molecule has 0 aliphatic carbocycles. The second kappa shape index (κ2) is 5.60. The van der Waals surface area contributed by atoms with Crippen molar-refractivity contribution in [1.82, 2.24) is 0 Å². The summed E-state index contributed by atoms with van der Waals surface area (Å²) in [6.45, 7) is 1.66. The fraction of sp³-hybridized carbons (Fsp3) is 0.0769. The summed E-state index contributed by atoms with van der Waals surface area (Å²) >= 11 is 11.6. The first kappa shape index (κ1) is 15.1. The van der Waals surface area contributed by atoms with Crippen LogP contribution in [0.25, 0.3) is 0 Å². The van der Waals surface area contributed by atoms with Gasteiger partial charge in [0.25, 0.3) is 10.0 Å². The summed E-state index contributed by atoms with van der Waals surface area (Å²) in [7, 11) is -3.94. The molecule has 0 fully saturated rings. The molecule has 0 amide bonds. The van der Waals surface area contributed by atoms with Crippen LogP contribution in [0.2, 0.25) is 10.0 Å². The summed E-state index contributed by atoms with van der Waals surface area (Å²) in [4.78, 5) is -0.157. The molecule has 2 aromatic rings. The lowest BCUT2D eigenvalue weighted by Gasteiger charge is -2.12. The minimum Gasteiger partial charge on any atom is -0.279 e. The van der Waals surface area contributed by atoms with Crippen LogP contribution in [-0.4, -0.2) is 8.42 Å². The van der Waals surface area contributed by atoms with Crippen LogP contribution in [0.15, 0.2) is 41.3 Å². The van der Waals surface area contributed by atoms with Gasteiger partial charge in [-0.15, -0.1) is 0 Å². The maximum Gasteiger partial charge on any atom is 0.263 e. The molecule has 0 aromatic heterocycles. The molecular formula is C13H10Cl2FNO2S. The minimum absolute atomic E-state index is 0.0379. The van der Waals surface area contributed by atoms with Crippen LogP contribution < -0.4 is 4.72 Å². The van der Waals surface area contributed by atoms with E-state index in [9.17, 15) is 12.8 Å². The number of sulfonamides is 1. The predicted molar refractivity (Wildman–Crippen MR) is 78.4 cm³/mol. The Bertz CT molecular complexity index is 763. The van der Waals surface area contributed by atoms with Gasteiger partial charge in [0, 0.05) is 5.02 Å². The summed E-state index contributed by atoms with van der Waals surface area (Å²) in [6.07, 6.45) is 0. The smallest absolute Gasteiger partial charge is 0.263 e. The zero-order valence-electron chi connectivity index (χ0n) is 10.3. The molecule has 0 saturated heterocycles. The largest absolute Gasteiger partial charge is 0.279 e. The second-order valence-corrected chi connectivity index (χ2v) is 6.63. The maximum absolute atomic E-state index is 13.2. The van der Waals surface area contributed by atoms with Crippen LogP contribution in [0, 0.1) is 12.7 Å². The van der Waals surface area contributed by atoms with Gasteiger partial charge in [-0.25, -0.2) is 12.8 Å². The molecule has 3 nitrogen and oxygen atoms in total. The normalized spacial score (nSPS) is 11.4. The van der Waals surface area contributed by atoms with Crippen molar-refractivity contribution in [3.63, 3.8) is 0 Å². The van der Waals surface area contributed by atoms with Crippen LogP contribution >= 0.6 is 23.2 Å². The van der Waals surface area contributed by atoms with Gasteiger partial charge in [0.2, 0.25) is 0 Å². The molecule has 0 unspecified atom stereocenters. The third kappa shape index (κ3) is 3.23. The van der Waals surface area contributed by atoms with Crippen molar-refractivity contribution < 1.29 is 12.8 Å². The molecule has 0 radical (unpaired) electrons. The Morgan fingerprint density at radius 3 is 2.50 bits per heavy atom. The lowest BCUT2D eigenvalue weighted by molar-refractivity contribution is 0.601. The quantitative estimate of drug-likeness (QED) is 0.912. The van der Waals surface area contributed by atoms with E-state index in [1.165, 1.54) is 30.3 Å². The van der Waals surface area contributed by atoms with Crippen molar-refractivity contribution in [3.05, 3.63) is 57.8 Å². The fourth-order valence-corrected chi connectivity index (χ4v) is 3.47. The highest BCUT2D eigenvalue weighted by atomic mass is 35.5. The van der Waals surface area contributed by atoms with Gasteiger partial charge in [-0.2, -0.15) is 0 Å². The fourth-order valence-electron chi connectivity index (χ4n) is 1.59. The Balaban J connectivity index is 2.46. The second-order valence-electron chi connectivity index (χ2n) is 4.14. The molecule has 0 aliphatic rings. The van der Waals surface area contributed by atoms with Crippen LogP contribution in [0.5, 0.6) is 0 Å². The Hall–Kier alpha value is -1.30. The molecule has 0 atom stereocenters. The van der Waals surface area contributed by atoms with Crippen LogP contribution in [0.1, 0.15) is 5.56 Å². The van der Waals surface area contributed by atoms with Gasteiger partial charge >= 0.3 is 0 Å². The molecule has 7 heteroatoms. The number of halogens is 3. The number of nitrogens with one attached hydrogen (secondary N) is 1. The first-order valence-electron chi connectivity index (χ1n) is 5.53. The maximum atomic E-state index is 13.2. The Morgan fingerprint density at radius 2 is 1.80 bits per heavy atom. The molecule has 0 bridgehead atoms. The van der Waals surface area contributed by atoms with Crippen molar-refractivity contribution in [2.24, 2.45) is 0 Å². The zero-order chi connectivity index (χ0) is 14.9. The van der Waals surface area contributed by atoms with Crippen molar-refractivity contribution in [2.75, 3.05) is 4.72 Å². The van der Waals surface area contributed by atoms with Crippen molar-refractivity contribution in [3.8, 4) is 0 Å². The average molecular weight is 334 g/mol. The molecule has 2 rings (SSSR count). The first-order chi connectivity index (χ1) is 9.29. The van der Waals surface area contributed by atoms with E-state index in [4.69, 9.17) is 23.2 Å². The molecule has 0 aliphatic heterocycles. The lowest BCUT2D eigenvalue weighted by Crippen LogP contribution is -2.14. The number of anilines is 1. The van der Waals surface area contributed by atoms with Gasteiger partial charge in [0.05, 0.1) is 10.7 Å². The monoisotopic (exact) mass is 333 g/mol. The van der Waals surface area contributed by atoms with E-state index in [1.807, 2.05) is 0 Å².